The summed E-state index contributed by atoms with van der Waals surface area (Å²) in [5.74, 6) is -0.158. The molecule has 0 fully saturated rings. The van der Waals surface area contributed by atoms with Crippen molar-refractivity contribution < 1.29 is 17.9 Å². The molecule has 0 unspecified atom stereocenters. The van der Waals surface area contributed by atoms with Gasteiger partial charge in [0.25, 0.3) is 15.9 Å². The van der Waals surface area contributed by atoms with Crippen LogP contribution >= 0.6 is 23.2 Å². The Bertz CT molecular complexity index is 1290. The predicted molar refractivity (Wildman–Crippen MR) is 127 cm³/mol. The zero-order chi connectivity index (χ0) is 22.9. The maximum Gasteiger partial charge on any atom is 0.268 e. The van der Waals surface area contributed by atoms with Crippen molar-refractivity contribution in [3.8, 4) is 5.75 Å². The van der Waals surface area contributed by atoms with Crippen LogP contribution in [0.4, 0.5) is 11.4 Å². The van der Waals surface area contributed by atoms with Crippen molar-refractivity contribution in [1.82, 2.24) is 0 Å². The first-order valence-corrected chi connectivity index (χ1v) is 12.1. The van der Waals surface area contributed by atoms with Crippen LogP contribution in [0.1, 0.15) is 22.3 Å². The van der Waals surface area contributed by atoms with E-state index < -0.39 is 10.0 Å². The second-order valence-electron chi connectivity index (χ2n) is 7.28. The number of carbonyl (C=O) groups excluding carboxylic acids is 1. The Balaban J connectivity index is 1.72. The number of amides is 1. The molecule has 9 heteroatoms. The lowest BCUT2D eigenvalue weighted by atomic mass is 10.0. The van der Waals surface area contributed by atoms with E-state index in [-0.39, 0.29) is 28.1 Å². The number of anilines is 2. The molecule has 3 aromatic carbocycles. The number of ether oxygens (including phenoxy) is 1. The minimum absolute atomic E-state index is 0.0193. The molecule has 0 aliphatic carbocycles. The third-order valence-electron chi connectivity index (χ3n) is 5.20. The Labute approximate surface area is 196 Å². The molecular weight excluding hydrogens is 471 g/mol. The van der Waals surface area contributed by atoms with Gasteiger partial charge in [0.1, 0.15) is 10.6 Å². The molecule has 0 bridgehead atoms. The molecule has 1 amide bonds. The number of halogens is 2. The largest absolute Gasteiger partial charge is 0.495 e. The van der Waals surface area contributed by atoms with Gasteiger partial charge in [-0.25, -0.2) is 8.42 Å². The van der Waals surface area contributed by atoms with Crippen LogP contribution in [0.15, 0.2) is 65.6 Å². The number of aryl methyl sites for hydroxylation is 1. The number of nitrogens with one attached hydrogen (secondary N) is 1. The van der Waals surface area contributed by atoms with E-state index in [4.69, 9.17) is 27.9 Å². The molecule has 1 N–H and O–H groups in total. The van der Waals surface area contributed by atoms with Crippen LogP contribution in [0, 0.1) is 0 Å². The summed E-state index contributed by atoms with van der Waals surface area (Å²) in [5.41, 5.74) is 2.20. The Kier molecular flexibility index (Phi) is 6.33. The summed E-state index contributed by atoms with van der Waals surface area (Å²) in [6, 6.07) is 16.4. The van der Waals surface area contributed by atoms with Crippen molar-refractivity contribution in [1.29, 1.82) is 0 Å². The summed E-state index contributed by atoms with van der Waals surface area (Å²) in [7, 11) is -2.57. The molecule has 0 saturated heterocycles. The SMILES string of the molecule is COc1ccc(Cl)cc1S(=O)(=O)N1CCCc2ccc(C(=O)Nc3cccc(Cl)c3)cc21. The van der Waals surface area contributed by atoms with Crippen LogP contribution in [0.5, 0.6) is 5.75 Å². The van der Waals surface area contributed by atoms with E-state index in [1.165, 1.54) is 23.5 Å². The van der Waals surface area contributed by atoms with E-state index in [2.05, 4.69) is 5.32 Å². The molecule has 1 aliphatic rings. The van der Waals surface area contributed by atoms with Gasteiger partial charge < -0.3 is 10.1 Å². The normalized spacial score (nSPS) is 13.4. The lowest BCUT2D eigenvalue weighted by Crippen LogP contribution is -2.36. The first-order chi connectivity index (χ1) is 15.3. The average molecular weight is 491 g/mol. The third-order valence-corrected chi connectivity index (χ3v) is 7.50. The van der Waals surface area contributed by atoms with Gasteiger partial charge in [-0.05, 0) is 66.9 Å². The van der Waals surface area contributed by atoms with Crippen molar-refractivity contribution in [3.05, 3.63) is 81.8 Å². The van der Waals surface area contributed by atoms with Crippen LogP contribution < -0.4 is 14.4 Å². The number of fused-ring (bicyclic) bond motifs is 1. The molecule has 166 valence electrons. The number of carbonyl (C=O) groups is 1. The van der Waals surface area contributed by atoms with Gasteiger partial charge >= 0.3 is 0 Å². The number of rotatable bonds is 5. The van der Waals surface area contributed by atoms with Crippen molar-refractivity contribution in [3.63, 3.8) is 0 Å². The molecular formula is C23H20Cl2N2O4S. The predicted octanol–water partition coefficient (Wildman–Crippen LogP) is 5.40. The van der Waals surface area contributed by atoms with Gasteiger partial charge in [-0.1, -0.05) is 35.3 Å². The molecule has 3 aromatic rings. The smallest absolute Gasteiger partial charge is 0.268 e. The van der Waals surface area contributed by atoms with E-state index in [0.29, 0.717) is 34.8 Å². The van der Waals surface area contributed by atoms with Crippen molar-refractivity contribution >= 4 is 50.5 Å². The fraction of sp³-hybridized carbons (Fsp3) is 0.174. The molecule has 1 heterocycles. The van der Waals surface area contributed by atoms with Crippen LogP contribution in [0.3, 0.4) is 0 Å². The van der Waals surface area contributed by atoms with Crippen LogP contribution in [-0.2, 0) is 16.4 Å². The van der Waals surface area contributed by atoms with Crippen molar-refractivity contribution in [2.24, 2.45) is 0 Å². The molecule has 32 heavy (non-hydrogen) atoms. The van der Waals surface area contributed by atoms with Crippen molar-refractivity contribution in [2.75, 3.05) is 23.3 Å². The summed E-state index contributed by atoms with van der Waals surface area (Å²) < 4.78 is 33.7. The number of nitrogens with zero attached hydrogens (tertiary/aromatic N) is 1. The molecule has 0 saturated carbocycles. The molecule has 0 spiro atoms. The van der Waals surface area contributed by atoms with Gasteiger partial charge in [0.15, 0.2) is 0 Å². The highest BCUT2D eigenvalue weighted by atomic mass is 35.5. The number of methoxy groups -OCH3 is 1. The molecule has 4 rings (SSSR count). The summed E-state index contributed by atoms with van der Waals surface area (Å²) in [5, 5.41) is 3.58. The van der Waals surface area contributed by atoms with Crippen LogP contribution in [-0.4, -0.2) is 28.0 Å². The zero-order valence-electron chi connectivity index (χ0n) is 17.1. The zero-order valence-corrected chi connectivity index (χ0v) is 19.5. The standard InChI is InChI=1S/C23H20Cl2N2O4S/c1-31-21-10-9-18(25)14-22(21)32(29,30)27-11-3-4-15-7-8-16(12-20(15)27)23(28)26-19-6-2-5-17(24)13-19/h2,5-10,12-14H,3-4,11H2,1H3,(H,26,28). The highest BCUT2D eigenvalue weighted by Crippen LogP contribution is 2.36. The van der Waals surface area contributed by atoms with Crippen LogP contribution in [0.25, 0.3) is 0 Å². The minimum atomic E-state index is -3.97. The maximum atomic E-state index is 13.6. The highest BCUT2D eigenvalue weighted by molar-refractivity contribution is 7.93. The molecule has 0 radical (unpaired) electrons. The summed E-state index contributed by atoms with van der Waals surface area (Å²) in [6.45, 7) is 0.282. The Morgan fingerprint density at radius 2 is 1.81 bits per heavy atom. The average Bonchev–Trinajstić information content (AvgIpc) is 2.78. The van der Waals surface area contributed by atoms with Crippen molar-refractivity contribution in [2.45, 2.75) is 17.7 Å². The van der Waals surface area contributed by atoms with E-state index in [1.54, 1.807) is 48.5 Å². The van der Waals surface area contributed by atoms with Gasteiger partial charge in [0.05, 0.1) is 12.8 Å². The first kappa shape index (κ1) is 22.5. The van der Waals surface area contributed by atoms with Gasteiger partial charge in [-0.2, -0.15) is 0 Å². The Hall–Kier alpha value is -2.74. The summed E-state index contributed by atoms with van der Waals surface area (Å²) >= 11 is 12.1. The number of benzene rings is 3. The van der Waals surface area contributed by atoms with Gasteiger partial charge in [-0.3, -0.25) is 9.10 Å². The van der Waals surface area contributed by atoms with Gasteiger partial charge in [-0.15, -0.1) is 0 Å². The lowest BCUT2D eigenvalue weighted by molar-refractivity contribution is 0.102. The van der Waals surface area contributed by atoms with Gasteiger partial charge in [0.2, 0.25) is 0 Å². The van der Waals surface area contributed by atoms with E-state index >= 15 is 0 Å². The fourth-order valence-corrected chi connectivity index (χ4v) is 5.82. The fourth-order valence-electron chi connectivity index (χ4n) is 3.67. The maximum absolute atomic E-state index is 13.6. The highest BCUT2D eigenvalue weighted by Gasteiger charge is 2.32. The minimum Gasteiger partial charge on any atom is -0.495 e. The Morgan fingerprint density at radius 1 is 1.03 bits per heavy atom. The Morgan fingerprint density at radius 3 is 2.56 bits per heavy atom. The molecule has 1 aliphatic heterocycles. The first-order valence-electron chi connectivity index (χ1n) is 9.86. The molecule has 0 aromatic heterocycles. The second kappa shape index (κ2) is 9.02. The summed E-state index contributed by atoms with van der Waals surface area (Å²) in [6.07, 6.45) is 1.37. The third kappa shape index (κ3) is 4.41. The number of sulfonamides is 1. The monoisotopic (exact) mass is 490 g/mol. The van der Waals surface area contributed by atoms with E-state index in [1.807, 2.05) is 0 Å². The van der Waals surface area contributed by atoms with E-state index in [0.717, 1.165) is 5.56 Å². The molecule has 0 atom stereocenters. The quantitative estimate of drug-likeness (QED) is 0.519. The summed E-state index contributed by atoms with van der Waals surface area (Å²) in [4.78, 5) is 12.8. The lowest BCUT2D eigenvalue weighted by Gasteiger charge is -2.31. The van der Waals surface area contributed by atoms with E-state index in [9.17, 15) is 13.2 Å². The molecule has 6 nitrogen and oxygen atoms in total. The number of hydrogen-bond acceptors (Lipinski definition) is 4. The topological polar surface area (TPSA) is 75.7 Å². The number of hydrogen-bond donors (Lipinski definition) is 1. The second-order valence-corrected chi connectivity index (χ2v) is 9.99. The van der Waals surface area contributed by atoms with Crippen LogP contribution in [0.2, 0.25) is 10.0 Å². The van der Waals surface area contributed by atoms with Gasteiger partial charge in [0, 0.05) is 27.8 Å².